The molecule has 0 fully saturated rings. The first-order valence-corrected chi connectivity index (χ1v) is 8.74. The highest BCUT2D eigenvalue weighted by Crippen LogP contribution is 2.25. The van der Waals surface area contributed by atoms with E-state index in [1.54, 1.807) is 42.6 Å². The second-order valence-electron chi connectivity index (χ2n) is 5.79. The van der Waals surface area contributed by atoms with Gasteiger partial charge in [-0.25, -0.2) is 4.39 Å². The van der Waals surface area contributed by atoms with Crippen LogP contribution < -0.4 is 4.74 Å². The van der Waals surface area contributed by atoms with Crippen LogP contribution in [-0.4, -0.2) is 6.21 Å². The van der Waals surface area contributed by atoms with Gasteiger partial charge in [0.2, 0.25) is 0 Å². The number of halogens is 3. The highest BCUT2D eigenvalue weighted by atomic mass is 35.5. The molecule has 0 radical (unpaired) electrons. The Labute approximate surface area is 161 Å². The number of hydrogen-bond acceptors (Lipinski definition) is 2. The maximum atomic E-state index is 13.3. The maximum absolute atomic E-state index is 13.3. The fourth-order valence-electron chi connectivity index (χ4n) is 2.35. The van der Waals surface area contributed by atoms with Gasteiger partial charge in [-0.1, -0.05) is 41.4 Å². The van der Waals surface area contributed by atoms with Gasteiger partial charge >= 0.3 is 0 Å². The standard InChI is InChI=1S/C21H16Cl2FNO/c1-14-5-7-19(11-20(14)23)25-12-16-10-17(22)6-8-21(16)26-13-15-3-2-4-18(24)9-15/h2-12H,13H2,1H3. The van der Waals surface area contributed by atoms with Crippen molar-refractivity contribution in [1.29, 1.82) is 0 Å². The lowest BCUT2D eigenvalue weighted by Gasteiger charge is -2.10. The molecule has 3 aromatic carbocycles. The van der Waals surface area contributed by atoms with Crippen LogP contribution >= 0.6 is 23.2 Å². The highest BCUT2D eigenvalue weighted by molar-refractivity contribution is 6.31. The van der Waals surface area contributed by atoms with Crippen molar-refractivity contribution in [2.75, 3.05) is 0 Å². The summed E-state index contributed by atoms with van der Waals surface area (Å²) in [6.07, 6.45) is 1.67. The van der Waals surface area contributed by atoms with Crippen molar-refractivity contribution < 1.29 is 9.13 Å². The summed E-state index contributed by atoms with van der Waals surface area (Å²) < 4.78 is 19.1. The summed E-state index contributed by atoms with van der Waals surface area (Å²) in [4.78, 5) is 4.44. The second-order valence-corrected chi connectivity index (χ2v) is 6.64. The molecule has 0 heterocycles. The highest BCUT2D eigenvalue weighted by Gasteiger charge is 2.05. The number of aryl methyl sites for hydroxylation is 1. The zero-order chi connectivity index (χ0) is 18.5. The molecule has 26 heavy (non-hydrogen) atoms. The molecule has 132 valence electrons. The molecular weight excluding hydrogens is 372 g/mol. The molecule has 0 amide bonds. The van der Waals surface area contributed by atoms with E-state index in [4.69, 9.17) is 27.9 Å². The molecule has 0 aliphatic heterocycles. The summed E-state index contributed by atoms with van der Waals surface area (Å²) in [7, 11) is 0. The first-order valence-electron chi connectivity index (χ1n) is 7.98. The van der Waals surface area contributed by atoms with E-state index in [1.165, 1.54) is 12.1 Å². The number of benzene rings is 3. The molecular formula is C21H16Cl2FNO. The van der Waals surface area contributed by atoms with E-state index in [0.29, 0.717) is 15.8 Å². The molecule has 0 aromatic heterocycles. The van der Waals surface area contributed by atoms with Crippen LogP contribution in [0.4, 0.5) is 10.1 Å². The molecule has 0 unspecified atom stereocenters. The Balaban J connectivity index is 1.81. The van der Waals surface area contributed by atoms with E-state index in [2.05, 4.69) is 4.99 Å². The van der Waals surface area contributed by atoms with Gasteiger partial charge in [-0.3, -0.25) is 4.99 Å². The lowest BCUT2D eigenvalue weighted by Crippen LogP contribution is -1.99. The van der Waals surface area contributed by atoms with E-state index >= 15 is 0 Å². The van der Waals surface area contributed by atoms with Gasteiger partial charge in [0.25, 0.3) is 0 Å². The maximum Gasteiger partial charge on any atom is 0.128 e. The van der Waals surface area contributed by atoms with Crippen molar-refractivity contribution in [2.24, 2.45) is 4.99 Å². The van der Waals surface area contributed by atoms with E-state index < -0.39 is 0 Å². The molecule has 0 aliphatic carbocycles. The van der Waals surface area contributed by atoms with Crippen molar-refractivity contribution in [1.82, 2.24) is 0 Å². The Morgan fingerprint density at radius 1 is 1.04 bits per heavy atom. The molecule has 3 rings (SSSR count). The third kappa shape index (κ3) is 4.84. The van der Waals surface area contributed by atoms with Gasteiger partial charge in [0.1, 0.15) is 18.2 Å². The predicted molar refractivity (Wildman–Crippen MR) is 106 cm³/mol. The van der Waals surface area contributed by atoms with Crippen molar-refractivity contribution in [3.05, 3.63) is 93.2 Å². The number of nitrogens with zero attached hydrogens (tertiary/aromatic N) is 1. The van der Waals surface area contributed by atoms with Gasteiger partial charge < -0.3 is 4.74 Å². The zero-order valence-electron chi connectivity index (χ0n) is 14.0. The quantitative estimate of drug-likeness (QED) is 0.442. The van der Waals surface area contributed by atoms with E-state index in [0.717, 1.165) is 22.4 Å². The SMILES string of the molecule is Cc1ccc(N=Cc2cc(Cl)ccc2OCc2cccc(F)c2)cc1Cl. The summed E-state index contributed by atoms with van der Waals surface area (Å²) in [5.74, 6) is 0.320. The number of aliphatic imine (C=N–C) groups is 1. The Bertz CT molecular complexity index is 956. The third-order valence-electron chi connectivity index (χ3n) is 3.76. The molecule has 0 N–H and O–H groups in total. The van der Waals surface area contributed by atoms with Crippen molar-refractivity contribution >= 4 is 35.1 Å². The number of rotatable bonds is 5. The molecule has 5 heteroatoms. The summed E-state index contributed by atoms with van der Waals surface area (Å²) >= 11 is 12.2. The van der Waals surface area contributed by atoms with Crippen LogP contribution in [0.25, 0.3) is 0 Å². The molecule has 0 bridgehead atoms. The van der Waals surface area contributed by atoms with Crippen molar-refractivity contribution in [3.8, 4) is 5.75 Å². The van der Waals surface area contributed by atoms with Crippen LogP contribution in [0.3, 0.4) is 0 Å². The van der Waals surface area contributed by atoms with Crippen LogP contribution in [-0.2, 0) is 6.61 Å². The van der Waals surface area contributed by atoms with Gasteiger partial charge in [0.15, 0.2) is 0 Å². The topological polar surface area (TPSA) is 21.6 Å². The summed E-state index contributed by atoms with van der Waals surface area (Å²) in [5, 5.41) is 1.24. The van der Waals surface area contributed by atoms with Crippen LogP contribution in [0.5, 0.6) is 5.75 Å². The minimum Gasteiger partial charge on any atom is -0.488 e. The largest absolute Gasteiger partial charge is 0.488 e. The van der Waals surface area contributed by atoms with Gasteiger partial charge in [0.05, 0.1) is 5.69 Å². The molecule has 0 saturated carbocycles. The van der Waals surface area contributed by atoms with Gasteiger partial charge in [-0.2, -0.15) is 0 Å². The second kappa shape index (κ2) is 8.35. The zero-order valence-corrected chi connectivity index (χ0v) is 15.6. The average Bonchev–Trinajstić information content (AvgIpc) is 2.62. The Kier molecular flexibility index (Phi) is 5.92. The lowest BCUT2D eigenvalue weighted by atomic mass is 10.2. The first-order chi connectivity index (χ1) is 12.5. The van der Waals surface area contributed by atoms with Gasteiger partial charge in [0, 0.05) is 21.8 Å². The third-order valence-corrected chi connectivity index (χ3v) is 4.41. The van der Waals surface area contributed by atoms with E-state index in [9.17, 15) is 4.39 Å². The lowest BCUT2D eigenvalue weighted by molar-refractivity contribution is 0.305. The Morgan fingerprint density at radius 3 is 2.65 bits per heavy atom. The molecule has 2 nitrogen and oxygen atoms in total. The first kappa shape index (κ1) is 18.4. The van der Waals surface area contributed by atoms with Gasteiger partial charge in [-0.05, 0) is 60.5 Å². The number of ether oxygens (including phenoxy) is 1. The van der Waals surface area contributed by atoms with Crippen molar-refractivity contribution in [3.63, 3.8) is 0 Å². The van der Waals surface area contributed by atoms with Crippen LogP contribution in [0.2, 0.25) is 10.0 Å². The summed E-state index contributed by atoms with van der Waals surface area (Å²) in [6.45, 7) is 2.18. The van der Waals surface area contributed by atoms with Crippen LogP contribution in [0, 0.1) is 12.7 Å². The molecule has 0 saturated heterocycles. The molecule has 0 aliphatic rings. The summed E-state index contributed by atoms with van der Waals surface area (Å²) in [5.41, 5.74) is 3.20. The fraction of sp³-hybridized carbons (Fsp3) is 0.0952. The Morgan fingerprint density at radius 2 is 1.88 bits per heavy atom. The van der Waals surface area contributed by atoms with Gasteiger partial charge in [-0.15, -0.1) is 0 Å². The van der Waals surface area contributed by atoms with Crippen LogP contribution in [0.15, 0.2) is 65.7 Å². The van der Waals surface area contributed by atoms with E-state index in [1.807, 2.05) is 19.1 Å². The normalized spacial score (nSPS) is 11.1. The monoisotopic (exact) mass is 387 g/mol. The van der Waals surface area contributed by atoms with E-state index in [-0.39, 0.29) is 12.4 Å². The average molecular weight is 388 g/mol. The molecule has 0 atom stereocenters. The molecule has 0 spiro atoms. The minimum atomic E-state index is -0.291. The smallest absolute Gasteiger partial charge is 0.128 e. The predicted octanol–water partition coefficient (Wildman–Crippen LogP) is 6.77. The van der Waals surface area contributed by atoms with Crippen LogP contribution in [0.1, 0.15) is 16.7 Å². The minimum absolute atomic E-state index is 0.247. The fourth-order valence-corrected chi connectivity index (χ4v) is 2.70. The van der Waals surface area contributed by atoms with Crippen molar-refractivity contribution in [2.45, 2.75) is 13.5 Å². The summed E-state index contributed by atoms with van der Waals surface area (Å²) in [6, 6.07) is 17.2. The molecule has 3 aromatic rings. The number of hydrogen-bond donors (Lipinski definition) is 0. The Hall–Kier alpha value is -2.36.